The average molecular weight is 224 g/mol. The Morgan fingerprint density at radius 3 is 2.44 bits per heavy atom. The topological polar surface area (TPSA) is 38.0 Å². The van der Waals surface area contributed by atoms with E-state index in [9.17, 15) is 0 Å². The predicted octanol–water partition coefficient (Wildman–Crippen LogP) is 2.68. The monoisotopic (exact) mass is 224 g/mol. The molecule has 0 aliphatic rings. The second kappa shape index (κ2) is 8.61. The van der Waals surface area contributed by atoms with Crippen LogP contribution in [0.1, 0.15) is 59.3 Å². The Hall–Kier alpha value is -0.520. The zero-order valence-electron chi connectivity index (χ0n) is 11.2. The summed E-state index contributed by atoms with van der Waals surface area (Å²) in [4.78, 5) is 0. The van der Waals surface area contributed by atoms with Crippen LogP contribution in [0.15, 0.2) is 0 Å². The molecule has 0 aliphatic carbocycles. The molecule has 94 valence electrons. The molecule has 0 spiro atoms. The van der Waals surface area contributed by atoms with Gasteiger partial charge in [0.15, 0.2) is 0 Å². The maximum absolute atomic E-state index is 5.82. The van der Waals surface area contributed by atoms with Crippen molar-refractivity contribution in [2.24, 2.45) is 5.73 Å². The first-order chi connectivity index (χ1) is 7.58. The lowest BCUT2D eigenvalue weighted by Crippen LogP contribution is -2.51. The zero-order valence-corrected chi connectivity index (χ0v) is 11.2. The van der Waals surface area contributed by atoms with Gasteiger partial charge in [0.1, 0.15) is 0 Å². The van der Waals surface area contributed by atoms with Gasteiger partial charge >= 0.3 is 0 Å². The summed E-state index contributed by atoms with van der Waals surface area (Å²) < 4.78 is 0. The maximum Gasteiger partial charge on any atom is 0.0662 e. The van der Waals surface area contributed by atoms with Gasteiger partial charge in [-0.2, -0.15) is 0 Å². The summed E-state index contributed by atoms with van der Waals surface area (Å²) in [6, 6.07) is 0.101. The second-order valence-electron chi connectivity index (χ2n) is 4.96. The lowest BCUT2D eigenvalue weighted by Gasteiger charge is -2.31. The third-order valence-electron chi connectivity index (χ3n) is 3.10. The summed E-state index contributed by atoms with van der Waals surface area (Å²) in [5, 5.41) is 3.42. The summed E-state index contributed by atoms with van der Waals surface area (Å²) in [5.74, 6) is 2.70. The van der Waals surface area contributed by atoms with Gasteiger partial charge in [0.2, 0.25) is 0 Å². The van der Waals surface area contributed by atoms with Crippen molar-refractivity contribution >= 4 is 0 Å². The molecule has 2 nitrogen and oxygen atoms in total. The lowest BCUT2D eigenvalue weighted by molar-refractivity contribution is 0.315. The van der Waals surface area contributed by atoms with Crippen LogP contribution in [0, 0.1) is 12.3 Å². The third-order valence-corrected chi connectivity index (χ3v) is 3.10. The Kier molecular flexibility index (Phi) is 8.33. The van der Waals surface area contributed by atoms with Gasteiger partial charge in [0, 0.05) is 12.1 Å². The molecule has 16 heavy (non-hydrogen) atoms. The van der Waals surface area contributed by atoms with E-state index in [1.807, 2.05) is 6.92 Å². The summed E-state index contributed by atoms with van der Waals surface area (Å²) in [5.41, 5.74) is 5.82. The van der Waals surface area contributed by atoms with Crippen LogP contribution in [0.25, 0.3) is 0 Å². The van der Waals surface area contributed by atoms with Crippen molar-refractivity contribution in [1.29, 1.82) is 0 Å². The Morgan fingerprint density at radius 2 is 1.94 bits per heavy atom. The first kappa shape index (κ1) is 15.5. The Morgan fingerprint density at radius 1 is 1.31 bits per heavy atom. The molecular formula is C14H28N2. The van der Waals surface area contributed by atoms with Crippen molar-refractivity contribution in [3.8, 4) is 12.3 Å². The van der Waals surface area contributed by atoms with Crippen molar-refractivity contribution in [3.63, 3.8) is 0 Å². The van der Waals surface area contributed by atoms with Crippen molar-refractivity contribution < 1.29 is 0 Å². The van der Waals surface area contributed by atoms with Crippen molar-refractivity contribution in [2.75, 3.05) is 6.54 Å². The summed E-state index contributed by atoms with van der Waals surface area (Å²) in [6.45, 7) is 7.05. The molecule has 0 amide bonds. The minimum atomic E-state index is -0.00198. The van der Waals surface area contributed by atoms with Crippen LogP contribution >= 0.6 is 0 Å². The van der Waals surface area contributed by atoms with E-state index in [-0.39, 0.29) is 11.6 Å². The summed E-state index contributed by atoms with van der Waals surface area (Å²) in [6.07, 6.45) is 13.0. The molecule has 0 bridgehead atoms. The molecule has 0 aliphatic heterocycles. The van der Waals surface area contributed by atoms with E-state index in [2.05, 4.69) is 25.1 Å². The van der Waals surface area contributed by atoms with E-state index in [0.29, 0.717) is 6.54 Å². The molecule has 0 saturated heterocycles. The molecule has 0 aromatic heterocycles. The van der Waals surface area contributed by atoms with Gasteiger partial charge in [-0.05, 0) is 20.3 Å². The van der Waals surface area contributed by atoms with Crippen LogP contribution in [-0.2, 0) is 0 Å². The van der Waals surface area contributed by atoms with Crippen molar-refractivity contribution in [3.05, 3.63) is 0 Å². The fourth-order valence-corrected chi connectivity index (χ4v) is 1.92. The molecule has 0 saturated carbocycles. The quantitative estimate of drug-likeness (QED) is 0.467. The Balaban J connectivity index is 3.84. The van der Waals surface area contributed by atoms with Crippen LogP contribution in [0.4, 0.5) is 0 Å². The number of hydrogen-bond donors (Lipinski definition) is 2. The highest BCUT2D eigenvalue weighted by Crippen LogP contribution is 2.15. The molecule has 2 heteroatoms. The molecule has 0 heterocycles. The summed E-state index contributed by atoms with van der Waals surface area (Å²) >= 11 is 0. The van der Waals surface area contributed by atoms with Gasteiger partial charge in [0.25, 0.3) is 0 Å². The molecule has 0 aromatic carbocycles. The molecule has 0 aromatic rings. The third kappa shape index (κ3) is 6.87. The number of nitrogens with two attached hydrogens (primary N) is 1. The highest BCUT2D eigenvalue weighted by atomic mass is 15.0. The van der Waals surface area contributed by atoms with E-state index >= 15 is 0 Å². The van der Waals surface area contributed by atoms with Crippen LogP contribution in [-0.4, -0.2) is 18.1 Å². The highest BCUT2D eigenvalue weighted by molar-refractivity contribution is 5.00. The number of terminal acetylenes is 1. The Labute approximate surface area is 101 Å². The van der Waals surface area contributed by atoms with Crippen LogP contribution in [0.2, 0.25) is 0 Å². The SMILES string of the molecule is C#CC(C)NC(C)(CN)CCCCCCC. The van der Waals surface area contributed by atoms with Crippen molar-refractivity contribution in [1.82, 2.24) is 5.32 Å². The van der Waals surface area contributed by atoms with Gasteiger partial charge in [-0.25, -0.2) is 0 Å². The van der Waals surface area contributed by atoms with E-state index in [0.717, 1.165) is 6.42 Å². The molecule has 0 rings (SSSR count). The van der Waals surface area contributed by atoms with E-state index in [1.54, 1.807) is 0 Å². The Bertz CT molecular complexity index is 207. The number of unbranched alkanes of at least 4 members (excludes halogenated alkanes) is 4. The standard InChI is InChI=1S/C14H28N2/c1-5-7-8-9-10-11-14(4,12-15)16-13(3)6-2/h2,13,16H,5,7-12,15H2,1,3-4H3. The fraction of sp³-hybridized carbons (Fsp3) is 0.857. The normalized spacial score (nSPS) is 16.4. The second-order valence-corrected chi connectivity index (χ2v) is 4.96. The van der Waals surface area contributed by atoms with Gasteiger partial charge in [-0.15, -0.1) is 6.42 Å². The van der Waals surface area contributed by atoms with E-state index in [1.165, 1.54) is 32.1 Å². The van der Waals surface area contributed by atoms with Gasteiger partial charge < -0.3 is 5.73 Å². The van der Waals surface area contributed by atoms with Crippen molar-refractivity contribution in [2.45, 2.75) is 70.9 Å². The molecule has 0 fully saturated rings. The highest BCUT2D eigenvalue weighted by Gasteiger charge is 2.22. The van der Waals surface area contributed by atoms with Crippen LogP contribution in [0.3, 0.4) is 0 Å². The van der Waals surface area contributed by atoms with Gasteiger partial charge in [-0.1, -0.05) is 44.9 Å². The molecule has 3 N–H and O–H groups in total. The lowest BCUT2D eigenvalue weighted by atomic mass is 9.93. The van der Waals surface area contributed by atoms with E-state index in [4.69, 9.17) is 12.2 Å². The predicted molar refractivity (Wildman–Crippen MR) is 72.3 cm³/mol. The number of nitrogens with one attached hydrogen (secondary N) is 1. The fourth-order valence-electron chi connectivity index (χ4n) is 1.92. The first-order valence-electron chi connectivity index (χ1n) is 6.52. The average Bonchev–Trinajstić information content (AvgIpc) is 2.28. The molecular weight excluding hydrogens is 196 g/mol. The van der Waals surface area contributed by atoms with Gasteiger partial charge in [-0.3, -0.25) is 5.32 Å². The molecule has 2 atom stereocenters. The first-order valence-corrected chi connectivity index (χ1v) is 6.52. The number of hydrogen-bond acceptors (Lipinski definition) is 2. The molecule has 0 radical (unpaired) electrons. The largest absolute Gasteiger partial charge is 0.329 e. The zero-order chi connectivity index (χ0) is 12.4. The minimum absolute atomic E-state index is 0.00198. The minimum Gasteiger partial charge on any atom is -0.329 e. The van der Waals surface area contributed by atoms with Crippen LogP contribution in [0.5, 0.6) is 0 Å². The van der Waals surface area contributed by atoms with E-state index < -0.39 is 0 Å². The number of rotatable bonds is 9. The smallest absolute Gasteiger partial charge is 0.0662 e. The van der Waals surface area contributed by atoms with Gasteiger partial charge in [0.05, 0.1) is 6.04 Å². The van der Waals surface area contributed by atoms with Crippen LogP contribution < -0.4 is 11.1 Å². The molecule has 2 unspecified atom stereocenters. The maximum atomic E-state index is 5.82. The summed E-state index contributed by atoms with van der Waals surface area (Å²) in [7, 11) is 0.